The first-order valence-electron chi connectivity index (χ1n) is 4.39. The minimum absolute atomic E-state index is 0.0286. The molecule has 0 atom stereocenters. The van der Waals surface area contributed by atoms with Crippen LogP contribution < -0.4 is 5.73 Å². The average molecular weight is 171 g/mol. The topological polar surface area (TPSA) is 52.3 Å². The van der Waals surface area contributed by atoms with Gasteiger partial charge in [0, 0.05) is 12.0 Å². The van der Waals surface area contributed by atoms with E-state index in [1.165, 1.54) is 7.11 Å². The van der Waals surface area contributed by atoms with E-state index in [1.807, 2.05) is 0 Å². The summed E-state index contributed by atoms with van der Waals surface area (Å²) in [5.41, 5.74) is 5.86. The molecule has 1 fully saturated rings. The standard InChI is InChI=1S/C9H17NO2/c1-9(10)5-7(6-9)3-4-8(11)12-2/h7H,3-6,10H2,1-2H3. The van der Waals surface area contributed by atoms with E-state index >= 15 is 0 Å². The summed E-state index contributed by atoms with van der Waals surface area (Å²) in [5, 5.41) is 0. The summed E-state index contributed by atoms with van der Waals surface area (Å²) < 4.78 is 4.55. The second-order valence-corrected chi connectivity index (χ2v) is 4.04. The summed E-state index contributed by atoms with van der Waals surface area (Å²) in [4.78, 5) is 10.8. The molecule has 1 aliphatic rings. The van der Waals surface area contributed by atoms with Crippen LogP contribution in [0.4, 0.5) is 0 Å². The van der Waals surface area contributed by atoms with Gasteiger partial charge in [0.05, 0.1) is 7.11 Å². The zero-order valence-corrected chi connectivity index (χ0v) is 7.80. The van der Waals surface area contributed by atoms with E-state index in [0.717, 1.165) is 19.3 Å². The van der Waals surface area contributed by atoms with Gasteiger partial charge in [-0.05, 0) is 32.1 Å². The van der Waals surface area contributed by atoms with Gasteiger partial charge in [0.15, 0.2) is 0 Å². The van der Waals surface area contributed by atoms with Crippen molar-refractivity contribution >= 4 is 5.97 Å². The first-order valence-corrected chi connectivity index (χ1v) is 4.39. The first-order chi connectivity index (χ1) is 5.53. The van der Waals surface area contributed by atoms with Gasteiger partial charge in [-0.1, -0.05) is 0 Å². The Balaban J connectivity index is 2.08. The van der Waals surface area contributed by atoms with Gasteiger partial charge in [-0.2, -0.15) is 0 Å². The molecule has 0 amide bonds. The van der Waals surface area contributed by atoms with Crippen LogP contribution in [-0.4, -0.2) is 18.6 Å². The minimum atomic E-state index is -0.111. The highest BCUT2D eigenvalue weighted by atomic mass is 16.5. The maximum absolute atomic E-state index is 10.8. The van der Waals surface area contributed by atoms with Crippen LogP contribution in [-0.2, 0) is 9.53 Å². The van der Waals surface area contributed by atoms with Gasteiger partial charge in [-0.25, -0.2) is 0 Å². The molecule has 3 heteroatoms. The largest absolute Gasteiger partial charge is 0.469 e. The van der Waals surface area contributed by atoms with E-state index in [4.69, 9.17) is 5.73 Å². The number of ether oxygens (including phenoxy) is 1. The maximum Gasteiger partial charge on any atom is 0.305 e. The molecule has 1 rings (SSSR count). The van der Waals surface area contributed by atoms with Gasteiger partial charge in [0.2, 0.25) is 0 Å². The molecule has 0 aromatic heterocycles. The Bertz CT molecular complexity index is 169. The van der Waals surface area contributed by atoms with Crippen molar-refractivity contribution in [2.45, 2.75) is 38.1 Å². The lowest BCUT2D eigenvalue weighted by Gasteiger charge is -2.42. The van der Waals surface area contributed by atoms with Crippen LogP contribution >= 0.6 is 0 Å². The molecule has 0 radical (unpaired) electrons. The third-order valence-electron chi connectivity index (χ3n) is 2.49. The normalized spacial score (nSPS) is 34.1. The SMILES string of the molecule is COC(=O)CCC1CC(C)(N)C1. The molecule has 3 nitrogen and oxygen atoms in total. The fourth-order valence-corrected chi connectivity index (χ4v) is 1.89. The van der Waals surface area contributed by atoms with E-state index in [0.29, 0.717) is 12.3 Å². The monoisotopic (exact) mass is 171 g/mol. The number of methoxy groups -OCH3 is 1. The summed E-state index contributed by atoms with van der Waals surface area (Å²) >= 11 is 0. The zero-order valence-electron chi connectivity index (χ0n) is 7.80. The number of nitrogens with two attached hydrogens (primary N) is 1. The predicted octanol–water partition coefficient (Wildman–Crippen LogP) is 1.07. The number of esters is 1. The van der Waals surface area contributed by atoms with Crippen LogP contribution in [0.3, 0.4) is 0 Å². The molecular formula is C9H17NO2. The smallest absolute Gasteiger partial charge is 0.305 e. The second kappa shape index (κ2) is 3.44. The molecule has 0 saturated heterocycles. The van der Waals surface area contributed by atoms with E-state index < -0.39 is 0 Å². The highest BCUT2D eigenvalue weighted by Crippen LogP contribution is 2.38. The van der Waals surface area contributed by atoms with E-state index in [9.17, 15) is 4.79 Å². The molecule has 2 N–H and O–H groups in total. The number of hydrogen-bond donors (Lipinski definition) is 1. The summed E-state index contributed by atoms with van der Waals surface area (Å²) in [5.74, 6) is 0.528. The van der Waals surface area contributed by atoms with Crippen molar-refractivity contribution in [1.29, 1.82) is 0 Å². The number of carbonyl (C=O) groups excluding carboxylic acids is 1. The summed E-state index contributed by atoms with van der Waals surface area (Å²) in [6.45, 7) is 2.06. The highest BCUT2D eigenvalue weighted by Gasteiger charge is 2.36. The summed E-state index contributed by atoms with van der Waals surface area (Å²) in [6, 6.07) is 0. The first kappa shape index (κ1) is 9.52. The second-order valence-electron chi connectivity index (χ2n) is 4.04. The van der Waals surface area contributed by atoms with E-state index in [-0.39, 0.29) is 11.5 Å². The Morgan fingerprint density at radius 1 is 1.67 bits per heavy atom. The lowest BCUT2D eigenvalue weighted by molar-refractivity contribution is -0.141. The van der Waals surface area contributed by atoms with Crippen molar-refractivity contribution in [3.05, 3.63) is 0 Å². The number of carbonyl (C=O) groups is 1. The van der Waals surface area contributed by atoms with Crippen molar-refractivity contribution in [2.24, 2.45) is 11.7 Å². The van der Waals surface area contributed by atoms with Crippen molar-refractivity contribution in [2.75, 3.05) is 7.11 Å². The molecule has 0 spiro atoms. The molecule has 1 saturated carbocycles. The summed E-state index contributed by atoms with van der Waals surface area (Å²) in [6.07, 6.45) is 3.56. The molecule has 0 heterocycles. The van der Waals surface area contributed by atoms with Crippen molar-refractivity contribution in [3.8, 4) is 0 Å². The number of rotatable bonds is 3. The maximum atomic E-state index is 10.8. The highest BCUT2D eigenvalue weighted by molar-refractivity contribution is 5.69. The van der Waals surface area contributed by atoms with Gasteiger partial charge in [0.1, 0.15) is 0 Å². The quantitative estimate of drug-likeness (QED) is 0.646. The molecular weight excluding hydrogens is 154 g/mol. The molecule has 0 bridgehead atoms. The Kier molecular flexibility index (Phi) is 2.73. The third-order valence-corrected chi connectivity index (χ3v) is 2.49. The van der Waals surface area contributed by atoms with Crippen molar-refractivity contribution < 1.29 is 9.53 Å². The Morgan fingerprint density at radius 3 is 2.67 bits per heavy atom. The number of hydrogen-bond acceptors (Lipinski definition) is 3. The van der Waals surface area contributed by atoms with E-state index in [1.54, 1.807) is 0 Å². The van der Waals surface area contributed by atoms with Gasteiger partial charge < -0.3 is 10.5 Å². The third kappa shape index (κ3) is 2.48. The lowest BCUT2D eigenvalue weighted by atomic mass is 9.68. The predicted molar refractivity (Wildman–Crippen MR) is 46.6 cm³/mol. The van der Waals surface area contributed by atoms with Crippen LogP contribution in [0.1, 0.15) is 32.6 Å². The molecule has 0 aromatic rings. The average Bonchev–Trinajstić information content (AvgIpc) is 1.96. The fraction of sp³-hybridized carbons (Fsp3) is 0.889. The fourth-order valence-electron chi connectivity index (χ4n) is 1.89. The van der Waals surface area contributed by atoms with Crippen LogP contribution in [0.25, 0.3) is 0 Å². The van der Waals surface area contributed by atoms with Gasteiger partial charge in [-0.15, -0.1) is 0 Å². The van der Waals surface area contributed by atoms with Gasteiger partial charge in [-0.3, -0.25) is 4.79 Å². The van der Waals surface area contributed by atoms with Crippen molar-refractivity contribution in [3.63, 3.8) is 0 Å². The Labute approximate surface area is 73.3 Å². The molecule has 1 aliphatic carbocycles. The molecule has 0 unspecified atom stereocenters. The summed E-state index contributed by atoms with van der Waals surface area (Å²) in [7, 11) is 1.43. The van der Waals surface area contributed by atoms with Crippen molar-refractivity contribution in [1.82, 2.24) is 0 Å². The van der Waals surface area contributed by atoms with Crippen LogP contribution in [0.15, 0.2) is 0 Å². The Morgan fingerprint density at radius 2 is 2.25 bits per heavy atom. The Hall–Kier alpha value is -0.570. The lowest BCUT2D eigenvalue weighted by Crippen LogP contribution is -2.49. The van der Waals surface area contributed by atoms with Gasteiger partial charge in [0.25, 0.3) is 0 Å². The van der Waals surface area contributed by atoms with Gasteiger partial charge >= 0.3 is 5.97 Å². The molecule has 0 aromatic carbocycles. The minimum Gasteiger partial charge on any atom is -0.469 e. The van der Waals surface area contributed by atoms with Crippen LogP contribution in [0, 0.1) is 5.92 Å². The van der Waals surface area contributed by atoms with Crippen LogP contribution in [0.5, 0.6) is 0 Å². The molecule has 12 heavy (non-hydrogen) atoms. The molecule has 70 valence electrons. The molecule has 0 aliphatic heterocycles. The van der Waals surface area contributed by atoms with E-state index in [2.05, 4.69) is 11.7 Å². The van der Waals surface area contributed by atoms with Crippen LogP contribution in [0.2, 0.25) is 0 Å². The zero-order chi connectivity index (χ0) is 9.19.